The van der Waals surface area contributed by atoms with Crippen LogP contribution in [0.25, 0.3) is 6.08 Å². The number of hydrogen-bond donors (Lipinski definition) is 2. The number of carbonyl (C=O) groups excluding carboxylic acids is 2. The molecular formula is C26H23BrN2O2. The second kappa shape index (κ2) is 11.7. The summed E-state index contributed by atoms with van der Waals surface area (Å²) in [7, 11) is 0. The lowest BCUT2D eigenvalue weighted by molar-refractivity contribution is -0.117. The number of benzene rings is 3. The summed E-state index contributed by atoms with van der Waals surface area (Å²) in [6.45, 7) is 0.468. The standard InChI is InChI=1S/C26H23BrN2O2/c27-23-15-8-14-22(19-23)25(30)29-24(16-7-13-20-9-3-1-4-10-20)26(31)28-18-17-21-11-5-2-6-12-21/h1-16,19H,17-18H2,(H,28,31)(H,29,30). The minimum atomic E-state index is -0.348. The Hall–Kier alpha value is -3.44. The molecule has 0 aliphatic carbocycles. The van der Waals surface area contributed by atoms with Gasteiger partial charge < -0.3 is 10.6 Å². The fraction of sp³-hybridized carbons (Fsp3) is 0.0769. The van der Waals surface area contributed by atoms with Crippen molar-refractivity contribution in [1.29, 1.82) is 0 Å². The van der Waals surface area contributed by atoms with Gasteiger partial charge in [0.15, 0.2) is 0 Å². The Morgan fingerprint density at radius 2 is 1.58 bits per heavy atom. The number of nitrogens with one attached hydrogen (secondary N) is 2. The monoisotopic (exact) mass is 474 g/mol. The first kappa shape index (κ1) is 22.2. The zero-order chi connectivity index (χ0) is 21.9. The molecule has 4 nitrogen and oxygen atoms in total. The zero-order valence-electron chi connectivity index (χ0n) is 16.9. The van der Waals surface area contributed by atoms with Crippen molar-refractivity contribution in [3.05, 3.63) is 124 Å². The van der Waals surface area contributed by atoms with Gasteiger partial charge in [0.1, 0.15) is 5.70 Å². The van der Waals surface area contributed by atoms with Crippen LogP contribution in [0.15, 0.2) is 107 Å². The lowest BCUT2D eigenvalue weighted by atomic mass is 10.1. The summed E-state index contributed by atoms with van der Waals surface area (Å²) < 4.78 is 0.793. The van der Waals surface area contributed by atoms with Gasteiger partial charge in [-0.2, -0.15) is 0 Å². The number of amides is 2. The van der Waals surface area contributed by atoms with Crippen LogP contribution in [-0.4, -0.2) is 18.4 Å². The molecule has 0 aliphatic heterocycles. The highest BCUT2D eigenvalue weighted by atomic mass is 79.9. The molecule has 0 spiro atoms. The summed E-state index contributed by atoms with van der Waals surface area (Å²) in [4.78, 5) is 25.4. The maximum atomic E-state index is 12.8. The Balaban J connectivity index is 1.71. The molecule has 0 aromatic heterocycles. The van der Waals surface area contributed by atoms with Crippen molar-refractivity contribution < 1.29 is 9.59 Å². The fourth-order valence-corrected chi connectivity index (χ4v) is 3.28. The Morgan fingerprint density at radius 3 is 2.29 bits per heavy atom. The molecule has 0 heterocycles. The van der Waals surface area contributed by atoms with Crippen LogP contribution in [0, 0.1) is 0 Å². The maximum absolute atomic E-state index is 12.8. The van der Waals surface area contributed by atoms with Crippen molar-refractivity contribution in [2.45, 2.75) is 6.42 Å². The van der Waals surface area contributed by atoms with E-state index in [1.54, 1.807) is 30.4 Å². The highest BCUT2D eigenvalue weighted by molar-refractivity contribution is 9.10. The first-order valence-corrected chi connectivity index (χ1v) is 10.7. The first-order chi connectivity index (χ1) is 15.1. The molecule has 3 aromatic carbocycles. The quantitative estimate of drug-likeness (QED) is 0.351. The van der Waals surface area contributed by atoms with Gasteiger partial charge >= 0.3 is 0 Å². The van der Waals surface area contributed by atoms with E-state index >= 15 is 0 Å². The molecular weight excluding hydrogens is 452 g/mol. The van der Waals surface area contributed by atoms with Crippen LogP contribution in [0.5, 0.6) is 0 Å². The van der Waals surface area contributed by atoms with Gasteiger partial charge in [0.2, 0.25) is 0 Å². The summed E-state index contributed by atoms with van der Waals surface area (Å²) in [6.07, 6.45) is 5.95. The Kier molecular flexibility index (Phi) is 8.38. The van der Waals surface area contributed by atoms with Gasteiger partial charge in [-0.25, -0.2) is 0 Å². The topological polar surface area (TPSA) is 58.2 Å². The predicted octanol–water partition coefficient (Wildman–Crippen LogP) is 5.14. The SMILES string of the molecule is O=C(NCCc1ccccc1)C(=CC=Cc1ccccc1)NC(=O)c1cccc(Br)c1. The van der Waals surface area contributed by atoms with Gasteiger partial charge in [-0.1, -0.05) is 94.8 Å². The van der Waals surface area contributed by atoms with E-state index in [1.807, 2.05) is 72.8 Å². The lowest BCUT2D eigenvalue weighted by Crippen LogP contribution is -2.35. The molecule has 3 rings (SSSR count). The molecule has 156 valence electrons. The highest BCUT2D eigenvalue weighted by Crippen LogP contribution is 2.12. The molecule has 5 heteroatoms. The molecule has 0 radical (unpaired) electrons. The third-order valence-electron chi connectivity index (χ3n) is 4.47. The molecule has 2 N–H and O–H groups in total. The second-order valence-corrected chi connectivity index (χ2v) is 7.72. The summed E-state index contributed by atoms with van der Waals surface area (Å²) in [5.74, 6) is -0.684. The van der Waals surface area contributed by atoms with Gasteiger partial charge in [-0.3, -0.25) is 9.59 Å². The van der Waals surface area contributed by atoms with Gasteiger partial charge in [-0.15, -0.1) is 0 Å². The van der Waals surface area contributed by atoms with Crippen molar-refractivity contribution in [2.24, 2.45) is 0 Å². The average Bonchev–Trinajstić information content (AvgIpc) is 2.79. The summed E-state index contributed by atoms with van der Waals surface area (Å²) in [5, 5.41) is 5.62. The van der Waals surface area contributed by atoms with Crippen LogP contribution in [-0.2, 0) is 11.2 Å². The van der Waals surface area contributed by atoms with E-state index in [0.29, 0.717) is 18.5 Å². The number of carbonyl (C=O) groups is 2. The Morgan fingerprint density at radius 1 is 0.871 bits per heavy atom. The third-order valence-corrected chi connectivity index (χ3v) is 4.97. The lowest BCUT2D eigenvalue weighted by Gasteiger charge is -2.11. The molecule has 0 aliphatic rings. The molecule has 0 fully saturated rings. The summed E-state index contributed by atoms with van der Waals surface area (Å²) in [6, 6.07) is 26.7. The smallest absolute Gasteiger partial charge is 0.267 e. The number of hydrogen-bond acceptors (Lipinski definition) is 2. The molecule has 0 atom stereocenters. The molecule has 0 unspecified atom stereocenters. The minimum Gasteiger partial charge on any atom is -0.350 e. The molecule has 0 bridgehead atoms. The number of allylic oxidation sites excluding steroid dienone is 2. The van der Waals surface area contributed by atoms with E-state index in [0.717, 1.165) is 15.6 Å². The second-order valence-electron chi connectivity index (χ2n) is 6.81. The summed E-state index contributed by atoms with van der Waals surface area (Å²) in [5.41, 5.74) is 2.78. The van der Waals surface area contributed by atoms with E-state index in [9.17, 15) is 9.59 Å². The van der Waals surface area contributed by atoms with Crippen molar-refractivity contribution >= 4 is 33.8 Å². The van der Waals surface area contributed by atoms with Gasteiger partial charge in [-0.05, 0) is 41.8 Å². The fourth-order valence-electron chi connectivity index (χ4n) is 2.88. The van der Waals surface area contributed by atoms with Crippen LogP contribution in [0.1, 0.15) is 21.5 Å². The van der Waals surface area contributed by atoms with Crippen LogP contribution in [0.4, 0.5) is 0 Å². The van der Waals surface area contributed by atoms with Crippen LogP contribution in [0.3, 0.4) is 0 Å². The largest absolute Gasteiger partial charge is 0.350 e. The van der Waals surface area contributed by atoms with Gasteiger partial charge in [0.25, 0.3) is 11.8 Å². The van der Waals surface area contributed by atoms with Gasteiger partial charge in [0, 0.05) is 16.6 Å². The Labute approximate surface area is 190 Å². The molecule has 0 saturated heterocycles. The van der Waals surface area contributed by atoms with Crippen LogP contribution in [0.2, 0.25) is 0 Å². The molecule has 31 heavy (non-hydrogen) atoms. The molecule has 3 aromatic rings. The Bertz CT molecular complexity index is 1080. The van der Waals surface area contributed by atoms with Crippen molar-refractivity contribution in [3.63, 3.8) is 0 Å². The van der Waals surface area contributed by atoms with Gasteiger partial charge in [0.05, 0.1) is 0 Å². The van der Waals surface area contributed by atoms with E-state index in [4.69, 9.17) is 0 Å². The maximum Gasteiger partial charge on any atom is 0.267 e. The van der Waals surface area contributed by atoms with Crippen molar-refractivity contribution in [3.8, 4) is 0 Å². The van der Waals surface area contributed by atoms with Crippen molar-refractivity contribution in [1.82, 2.24) is 10.6 Å². The van der Waals surface area contributed by atoms with Crippen molar-refractivity contribution in [2.75, 3.05) is 6.54 Å². The van der Waals surface area contributed by atoms with E-state index < -0.39 is 0 Å². The average molecular weight is 475 g/mol. The predicted molar refractivity (Wildman–Crippen MR) is 128 cm³/mol. The minimum absolute atomic E-state index is 0.185. The zero-order valence-corrected chi connectivity index (χ0v) is 18.5. The molecule has 0 saturated carbocycles. The number of halogens is 1. The normalized spacial score (nSPS) is 11.3. The van der Waals surface area contributed by atoms with E-state index in [2.05, 4.69) is 26.6 Å². The summed E-state index contributed by atoms with van der Waals surface area (Å²) >= 11 is 3.36. The van der Waals surface area contributed by atoms with Crippen LogP contribution < -0.4 is 10.6 Å². The first-order valence-electron chi connectivity index (χ1n) is 9.94. The van der Waals surface area contributed by atoms with E-state index in [1.165, 1.54) is 0 Å². The third kappa shape index (κ3) is 7.39. The molecule has 2 amide bonds. The highest BCUT2D eigenvalue weighted by Gasteiger charge is 2.14. The number of rotatable bonds is 8. The van der Waals surface area contributed by atoms with E-state index in [-0.39, 0.29) is 17.5 Å². The van der Waals surface area contributed by atoms with Crippen LogP contribution >= 0.6 is 15.9 Å².